The smallest absolute Gasteiger partial charge is 0.416 e. The zero-order valence-corrected chi connectivity index (χ0v) is 14.4. The number of hydrogen-bond donors (Lipinski definition) is 2. The maximum atomic E-state index is 13.1. The van der Waals surface area contributed by atoms with Crippen molar-refractivity contribution < 1.29 is 18.3 Å². The first-order valence-electron chi connectivity index (χ1n) is 8.18. The van der Waals surface area contributed by atoms with E-state index in [-0.39, 0.29) is 22.6 Å². The fourth-order valence-electron chi connectivity index (χ4n) is 2.88. The molecule has 2 N–H and O–H groups in total. The van der Waals surface area contributed by atoms with Gasteiger partial charge in [-0.15, -0.1) is 5.10 Å². The first kappa shape index (κ1) is 18.3. The molecule has 0 saturated heterocycles. The number of alkyl halides is 3. The van der Waals surface area contributed by atoms with Crippen molar-refractivity contribution in [3.63, 3.8) is 0 Å². The molecule has 2 aromatic carbocycles. The summed E-state index contributed by atoms with van der Waals surface area (Å²) in [6, 6.07) is 10.5. The maximum absolute atomic E-state index is 13.1. The average molecular weight is 400 g/mol. The minimum absolute atomic E-state index is 0.0229. The van der Waals surface area contributed by atoms with Crippen LogP contribution in [0.25, 0.3) is 16.5 Å². The highest BCUT2D eigenvalue weighted by molar-refractivity contribution is 6.02. The van der Waals surface area contributed by atoms with Crippen LogP contribution in [0.4, 0.5) is 19.1 Å². The molecule has 0 saturated carbocycles. The number of nitrogens with zero attached hydrogens (tertiary/aromatic N) is 5. The number of aromatic hydroxyl groups is 1. The van der Waals surface area contributed by atoms with Gasteiger partial charge in [-0.25, -0.2) is 9.56 Å². The van der Waals surface area contributed by atoms with Crippen LogP contribution in [0.2, 0.25) is 0 Å². The van der Waals surface area contributed by atoms with Crippen molar-refractivity contribution in [2.75, 3.05) is 0 Å². The zero-order chi connectivity index (χ0) is 20.6. The largest absolute Gasteiger partial charge is 0.494 e. The van der Waals surface area contributed by atoms with Crippen molar-refractivity contribution >= 4 is 22.9 Å². The van der Waals surface area contributed by atoms with Gasteiger partial charge < -0.3 is 5.11 Å². The van der Waals surface area contributed by atoms with Crippen molar-refractivity contribution in [3.8, 4) is 11.6 Å². The third kappa shape index (κ3) is 3.33. The van der Waals surface area contributed by atoms with Crippen LogP contribution >= 0.6 is 0 Å². The molecule has 0 atom stereocenters. The summed E-state index contributed by atoms with van der Waals surface area (Å²) in [5.74, 6) is -0.592. The highest BCUT2D eigenvalue weighted by Crippen LogP contribution is 2.32. The Hall–Kier alpha value is -4.02. The molecule has 2 aromatic heterocycles. The van der Waals surface area contributed by atoms with Gasteiger partial charge in [-0.05, 0) is 29.5 Å². The van der Waals surface area contributed by atoms with E-state index in [1.165, 1.54) is 18.3 Å². The van der Waals surface area contributed by atoms with Gasteiger partial charge in [0.1, 0.15) is 0 Å². The molecule has 0 aliphatic rings. The van der Waals surface area contributed by atoms with E-state index >= 15 is 0 Å². The number of aromatic amines is 1. The van der Waals surface area contributed by atoms with E-state index in [1.54, 1.807) is 18.2 Å². The predicted molar refractivity (Wildman–Crippen MR) is 97.6 cm³/mol. The van der Waals surface area contributed by atoms with Crippen LogP contribution in [-0.2, 0) is 6.18 Å². The third-order valence-corrected chi connectivity index (χ3v) is 4.18. The Kier molecular flexibility index (Phi) is 4.34. The van der Waals surface area contributed by atoms with E-state index in [9.17, 15) is 23.1 Å². The molecular formula is C18H11F3N6O2. The number of pyridine rings is 1. The third-order valence-electron chi connectivity index (χ3n) is 4.18. The van der Waals surface area contributed by atoms with Crippen molar-refractivity contribution in [1.29, 1.82) is 0 Å². The number of fused-ring (bicyclic) bond motifs is 1. The van der Waals surface area contributed by atoms with Crippen LogP contribution in [0.5, 0.6) is 5.88 Å². The van der Waals surface area contributed by atoms with Crippen molar-refractivity contribution in [3.05, 3.63) is 70.0 Å². The molecule has 11 heteroatoms. The molecule has 2 heterocycles. The fraction of sp³-hybridized carbons (Fsp3) is 0.0556. The van der Waals surface area contributed by atoms with Gasteiger partial charge in [0, 0.05) is 17.0 Å². The van der Waals surface area contributed by atoms with Crippen molar-refractivity contribution in [2.45, 2.75) is 6.18 Å². The summed E-state index contributed by atoms with van der Waals surface area (Å²) in [4.78, 5) is 16.9. The lowest BCUT2D eigenvalue weighted by molar-refractivity contribution is -0.137. The van der Waals surface area contributed by atoms with Gasteiger partial charge in [-0.2, -0.15) is 18.4 Å². The van der Waals surface area contributed by atoms with Gasteiger partial charge in [-0.3, -0.25) is 4.79 Å². The summed E-state index contributed by atoms with van der Waals surface area (Å²) in [5.41, 5.74) is -1.64. The Morgan fingerprint density at radius 1 is 1.10 bits per heavy atom. The van der Waals surface area contributed by atoms with E-state index in [1.807, 2.05) is 0 Å². The Labute approximate surface area is 160 Å². The molecular weight excluding hydrogens is 389 g/mol. The Balaban J connectivity index is 2.00. The van der Waals surface area contributed by atoms with Crippen molar-refractivity contribution in [1.82, 2.24) is 25.2 Å². The topological polar surface area (TPSA) is 109 Å². The second kappa shape index (κ2) is 6.86. The minimum atomic E-state index is -4.60. The number of H-pyrrole nitrogens is 1. The van der Waals surface area contributed by atoms with Gasteiger partial charge in [0.15, 0.2) is 0 Å². The quantitative estimate of drug-likeness (QED) is 0.514. The highest BCUT2D eigenvalue weighted by Gasteiger charge is 2.31. The number of aliphatic imine (C=N–C) groups is 1. The molecule has 29 heavy (non-hydrogen) atoms. The Morgan fingerprint density at radius 3 is 2.55 bits per heavy atom. The molecule has 0 aliphatic heterocycles. The van der Waals surface area contributed by atoms with Crippen molar-refractivity contribution in [2.24, 2.45) is 4.99 Å². The molecule has 8 nitrogen and oxygen atoms in total. The molecule has 0 radical (unpaired) electrons. The number of benzene rings is 2. The van der Waals surface area contributed by atoms with E-state index in [2.05, 4.69) is 25.6 Å². The monoisotopic (exact) mass is 400 g/mol. The van der Waals surface area contributed by atoms with E-state index in [0.717, 1.165) is 22.8 Å². The van der Waals surface area contributed by atoms with E-state index in [0.29, 0.717) is 5.39 Å². The standard InChI is InChI=1S/C18H11F3N6O2/c19-18(20,21)10-4-3-5-11(8-10)27-15(28)13-7-2-1-6-12(13)14(16(27)29)9-22-17-23-25-26-24-17/h1-9,29H,(H,23,24,25,26)/b22-9+. The van der Waals surface area contributed by atoms with E-state index < -0.39 is 23.2 Å². The SMILES string of the molecule is O=c1c2ccccc2c(/C=N/c2nn[nH]n2)c(O)n1-c1cccc(C(F)(F)F)c1. The summed E-state index contributed by atoms with van der Waals surface area (Å²) in [5, 5.41) is 24.2. The number of nitrogens with one attached hydrogen (secondary N) is 1. The molecule has 4 rings (SSSR count). The first-order chi connectivity index (χ1) is 13.9. The fourth-order valence-corrected chi connectivity index (χ4v) is 2.88. The molecule has 0 bridgehead atoms. The van der Waals surface area contributed by atoms with E-state index in [4.69, 9.17) is 0 Å². The molecule has 0 amide bonds. The second-order valence-electron chi connectivity index (χ2n) is 5.94. The molecule has 4 aromatic rings. The maximum Gasteiger partial charge on any atom is 0.416 e. The molecule has 0 aliphatic carbocycles. The van der Waals surface area contributed by atoms with Gasteiger partial charge in [0.2, 0.25) is 5.88 Å². The molecule has 146 valence electrons. The molecule has 0 fully saturated rings. The Bertz CT molecular complexity index is 1280. The summed E-state index contributed by atoms with van der Waals surface area (Å²) in [6.07, 6.45) is -3.39. The van der Waals surface area contributed by atoms with Crippen LogP contribution < -0.4 is 5.56 Å². The van der Waals surface area contributed by atoms with Crippen LogP contribution in [0.1, 0.15) is 11.1 Å². The van der Waals surface area contributed by atoms with Gasteiger partial charge in [-0.1, -0.05) is 29.4 Å². The average Bonchev–Trinajstić information content (AvgIpc) is 3.21. The lowest BCUT2D eigenvalue weighted by Gasteiger charge is -2.15. The summed E-state index contributed by atoms with van der Waals surface area (Å²) in [6.45, 7) is 0. The van der Waals surface area contributed by atoms with Gasteiger partial charge in [0.05, 0.1) is 16.8 Å². The second-order valence-corrected chi connectivity index (χ2v) is 5.94. The van der Waals surface area contributed by atoms with Gasteiger partial charge >= 0.3 is 6.18 Å². The Morgan fingerprint density at radius 2 is 1.86 bits per heavy atom. The zero-order valence-electron chi connectivity index (χ0n) is 14.4. The van der Waals surface area contributed by atoms with Gasteiger partial charge in [0.25, 0.3) is 11.5 Å². The summed E-state index contributed by atoms with van der Waals surface area (Å²) >= 11 is 0. The first-order valence-corrected chi connectivity index (χ1v) is 8.18. The number of halogens is 3. The summed E-state index contributed by atoms with van der Waals surface area (Å²) in [7, 11) is 0. The van der Waals surface area contributed by atoms with Crippen LogP contribution in [0.15, 0.2) is 58.3 Å². The normalized spacial score (nSPS) is 12.1. The highest BCUT2D eigenvalue weighted by atomic mass is 19.4. The lowest BCUT2D eigenvalue weighted by Crippen LogP contribution is -2.20. The lowest BCUT2D eigenvalue weighted by atomic mass is 10.1. The van der Waals surface area contributed by atoms with Crippen LogP contribution in [0, 0.1) is 0 Å². The number of rotatable bonds is 3. The molecule has 0 unspecified atom stereocenters. The minimum Gasteiger partial charge on any atom is -0.494 e. The number of hydrogen-bond acceptors (Lipinski definition) is 6. The summed E-state index contributed by atoms with van der Waals surface area (Å²) < 4.78 is 40.1. The van der Waals surface area contributed by atoms with Crippen LogP contribution in [-0.4, -0.2) is 36.5 Å². The van der Waals surface area contributed by atoms with Crippen LogP contribution in [0.3, 0.4) is 0 Å². The number of aromatic nitrogens is 5. The molecule has 0 spiro atoms. The predicted octanol–water partition coefficient (Wildman–Crippen LogP) is 2.98. The number of tetrazole rings is 1.